The summed E-state index contributed by atoms with van der Waals surface area (Å²) < 4.78 is 11.0. The maximum atomic E-state index is 11.4. The van der Waals surface area contributed by atoms with Gasteiger partial charge >= 0.3 is 4.57 Å². The van der Waals surface area contributed by atoms with Crippen LogP contribution < -0.4 is 0 Å². The van der Waals surface area contributed by atoms with Crippen LogP contribution in [0.2, 0.25) is 5.82 Å². The van der Waals surface area contributed by atoms with E-state index in [1.807, 2.05) is 0 Å². The molecule has 2 atom stereocenters. The predicted molar refractivity (Wildman–Crippen MR) is 96.9 cm³/mol. The van der Waals surface area contributed by atoms with Crippen LogP contribution in [0.15, 0.2) is 0 Å². The van der Waals surface area contributed by atoms with Gasteiger partial charge in [0.15, 0.2) is 0 Å². The molecule has 0 bridgehead atoms. The molecule has 0 spiro atoms. The smallest absolute Gasteiger partial charge is 0.352 e. The zero-order valence-electron chi connectivity index (χ0n) is 13.7. The van der Waals surface area contributed by atoms with Gasteiger partial charge in [-0.15, -0.1) is 22.4 Å². The van der Waals surface area contributed by atoms with E-state index in [2.05, 4.69) is 36.2 Å². The predicted octanol–water partition coefficient (Wildman–Crippen LogP) is 4.94. The van der Waals surface area contributed by atoms with E-state index in [1.54, 1.807) is 0 Å². The summed E-state index contributed by atoms with van der Waals surface area (Å²) in [6.07, 6.45) is 9.43. The average molecular weight is 422 g/mol. The summed E-state index contributed by atoms with van der Waals surface area (Å²) >= 11 is 2.11. The van der Waals surface area contributed by atoms with Gasteiger partial charge in [-0.2, -0.15) is 0 Å². The normalized spacial score (nSPS) is 26.8. The van der Waals surface area contributed by atoms with Crippen molar-refractivity contribution >= 4 is 32.8 Å². The molecule has 0 aromatic carbocycles. The lowest BCUT2D eigenvalue weighted by molar-refractivity contribution is 0.0121. The van der Waals surface area contributed by atoms with Crippen LogP contribution in [0.4, 0.5) is 4.79 Å². The summed E-state index contributed by atoms with van der Waals surface area (Å²) in [5.41, 5.74) is -0.251. The lowest BCUT2D eigenvalue weighted by Gasteiger charge is -2.29. The maximum absolute atomic E-state index is 11.4. The van der Waals surface area contributed by atoms with Crippen LogP contribution in [0, 0.1) is 5.92 Å². The Morgan fingerprint density at radius 1 is 1.36 bits per heavy atom. The van der Waals surface area contributed by atoms with Crippen molar-refractivity contribution in [1.29, 1.82) is 0 Å². The van der Waals surface area contributed by atoms with Crippen molar-refractivity contribution in [3.8, 4) is 0 Å². The molecule has 1 aliphatic carbocycles. The molecule has 0 amide bonds. The minimum Gasteiger partial charge on any atom is -0.488 e. The monoisotopic (exact) mass is 422 g/mol. The lowest BCUT2D eigenvalue weighted by Crippen LogP contribution is -2.34. The van der Waals surface area contributed by atoms with Crippen LogP contribution in [0.3, 0.4) is 0 Å². The quantitative estimate of drug-likeness (QED) is 0.467. The Morgan fingerprint density at radius 2 is 2.05 bits per heavy atom. The van der Waals surface area contributed by atoms with Gasteiger partial charge in [-0.3, -0.25) is 4.79 Å². The lowest BCUT2D eigenvalue weighted by atomic mass is 9.58. The summed E-state index contributed by atoms with van der Waals surface area (Å²) in [7, 11) is 0. The number of carboxylic acid groups (broad SMARTS) is 1. The third kappa shape index (κ3) is 5.10. The first-order chi connectivity index (χ1) is 10.4. The molecule has 1 N–H and O–H groups in total. The minimum absolute atomic E-state index is 0.0822. The highest BCUT2D eigenvalue weighted by Gasteiger charge is 2.39. The van der Waals surface area contributed by atoms with E-state index in [4.69, 9.17) is 9.47 Å². The molecule has 1 saturated carbocycles. The van der Waals surface area contributed by atoms with Crippen LogP contribution in [-0.2, 0) is 9.47 Å². The second-order valence-electron chi connectivity index (χ2n) is 7.34. The van der Waals surface area contributed by atoms with Crippen molar-refractivity contribution in [2.45, 2.75) is 82.7 Å². The van der Waals surface area contributed by atoms with Gasteiger partial charge < -0.3 is 14.6 Å². The number of hydrogen-bond acceptors (Lipinski definition) is 3. The molecule has 1 unspecified atom stereocenters. The second kappa shape index (κ2) is 8.33. The van der Waals surface area contributed by atoms with E-state index in [0.717, 1.165) is 19.3 Å². The highest BCUT2D eigenvalue weighted by molar-refractivity contribution is 14.1. The Kier molecular flexibility index (Phi) is 7.02. The SMILES string of the molecule is CC1(C)OCOC1CC[C@H](CC1CCCCC1)B(I)C(=O)O. The number of hydrogen-bond donors (Lipinski definition) is 1. The highest BCUT2D eigenvalue weighted by atomic mass is 127. The van der Waals surface area contributed by atoms with Gasteiger partial charge in [0, 0.05) is 0 Å². The van der Waals surface area contributed by atoms with Crippen LogP contribution >= 0.6 is 22.4 Å². The Balaban J connectivity index is 1.90. The molecule has 1 aliphatic heterocycles. The molecule has 2 fully saturated rings. The van der Waals surface area contributed by atoms with Crippen LogP contribution in [0.25, 0.3) is 0 Å². The number of ether oxygens (including phenoxy) is 2. The third-order valence-electron chi connectivity index (χ3n) is 5.29. The molecule has 22 heavy (non-hydrogen) atoms. The average Bonchev–Trinajstić information content (AvgIpc) is 2.82. The Labute approximate surface area is 147 Å². The molecule has 6 heteroatoms. The zero-order chi connectivity index (χ0) is 16.2. The van der Waals surface area contributed by atoms with Crippen molar-refractivity contribution in [3.63, 3.8) is 0 Å². The molecule has 1 heterocycles. The van der Waals surface area contributed by atoms with Gasteiger partial charge in [0.25, 0.3) is 5.87 Å². The molecule has 1 saturated heterocycles. The first kappa shape index (κ1) is 18.5. The molecular formula is C16H28BIO4. The second-order valence-corrected chi connectivity index (χ2v) is 8.68. The van der Waals surface area contributed by atoms with Gasteiger partial charge in [-0.05, 0) is 32.0 Å². The van der Waals surface area contributed by atoms with Gasteiger partial charge in [-0.1, -0.05) is 44.9 Å². The molecule has 0 aromatic heterocycles. The van der Waals surface area contributed by atoms with E-state index in [-0.39, 0.29) is 22.1 Å². The van der Waals surface area contributed by atoms with E-state index in [1.165, 1.54) is 32.1 Å². The van der Waals surface area contributed by atoms with Crippen molar-refractivity contribution in [2.75, 3.05) is 6.79 Å². The minimum atomic E-state index is -0.677. The Morgan fingerprint density at radius 3 is 2.59 bits per heavy atom. The largest absolute Gasteiger partial charge is 0.488 e. The van der Waals surface area contributed by atoms with Crippen LogP contribution in [-0.4, -0.2) is 34.0 Å². The Bertz CT molecular complexity index is 371. The fraction of sp³-hybridized carbons (Fsp3) is 0.938. The fourth-order valence-corrected chi connectivity index (χ4v) is 4.45. The summed E-state index contributed by atoms with van der Waals surface area (Å²) in [6.45, 7) is 4.47. The van der Waals surface area contributed by atoms with Gasteiger partial charge in [0.2, 0.25) is 0 Å². The van der Waals surface area contributed by atoms with Crippen molar-refractivity contribution in [1.82, 2.24) is 0 Å². The summed E-state index contributed by atoms with van der Waals surface area (Å²) in [4.78, 5) is 11.4. The van der Waals surface area contributed by atoms with Crippen LogP contribution in [0.1, 0.15) is 65.2 Å². The molecule has 126 valence electrons. The number of halogens is 1. The fourth-order valence-electron chi connectivity index (χ4n) is 3.79. The zero-order valence-corrected chi connectivity index (χ0v) is 15.9. The molecule has 0 radical (unpaired) electrons. The standard InChI is InChI=1S/C16H28BIO4/c1-16(2)14(21-11-22-16)9-8-13(17(18)15(19)20)10-12-6-4-3-5-7-12/h12-14H,3-11H2,1-2H3,(H,19,20)/t13-,14?/m1/s1. The van der Waals surface area contributed by atoms with E-state index >= 15 is 0 Å². The molecule has 2 aliphatic rings. The van der Waals surface area contributed by atoms with Crippen molar-refractivity contribution < 1.29 is 19.4 Å². The maximum Gasteiger partial charge on any atom is 0.352 e. The molecular weight excluding hydrogens is 394 g/mol. The number of carbonyl (C=O) groups is 1. The molecule has 2 rings (SSSR count). The first-order valence-corrected chi connectivity index (χ1v) is 9.77. The Hall–Kier alpha value is 0.185. The summed E-state index contributed by atoms with van der Waals surface area (Å²) in [5, 5.41) is 9.41. The number of rotatable bonds is 7. The third-order valence-corrected chi connectivity index (χ3v) is 6.84. The van der Waals surface area contributed by atoms with Gasteiger partial charge in [0.05, 0.1) is 11.7 Å². The van der Waals surface area contributed by atoms with E-state index in [0.29, 0.717) is 12.7 Å². The van der Waals surface area contributed by atoms with E-state index < -0.39 is 5.87 Å². The molecule has 4 nitrogen and oxygen atoms in total. The van der Waals surface area contributed by atoms with Gasteiger partial charge in [0.1, 0.15) is 6.79 Å². The summed E-state index contributed by atoms with van der Waals surface area (Å²) in [5.74, 6) is 0.273. The first-order valence-electron chi connectivity index (χ1n) is 8.52. The molecule has 0 aromatic rings. The van der Waals surface area contributed by atoms with Crippen molar-refractivity contribution in [2.24, 2.45) is 5.92 Å². The topological polar surface area (TPSA) is 55.8 Å². The highest BCUT2D eigenvalue weighted by Crippen LogP contribution is 2.38. The van der Waals surface area contributed by atoms with Crippen molar-refractivity contribution in [3.05, 3.63) is 0 Å². The summed E-state index contributed by atoms with van der Waals surface area (Å²) in [6, 6.07) is 0. The van der Waals surface area contributed by atoms with E-state index in [9.17, 15) is 9.90 Å². The van der Waals surface area contributed by atoms with Crippen LogP contribution in [0.5, 0.6) is 0 Å². The van der Waals surface area contributed by atoms with Gasteiger partial charge in [-0.25, -0.2) is 0 Å².